The lowest BCUT2D eigenvalue weighted by molar-refractivity contribution is -0.148. The van der Waals surface area contributed by atoms with Crippen LogP contribution in [0.3, 0.4) is 0 Å². The number of hydrogen-bond donors (Lipinski definition) is 0. The van der Waals surface area contributed by atoms with Gasteiger partial charge in [0, 0.05) is 12.3 Å². The molecule has 0 saturated heterocycles. The largest absolute Gasteiger partial charge is 0.463 e. The van der Waals surface area contributed by atoms with Gasteiger partial charge < -0.3 is 4.74 Å². The summed E-state index contributed by atoms with van der Waals surface area (Å²) in [6.45, 7) is 8.67. The van der Waals surface area contributed by atoms with Gasteiger partial charge in [-0.3, -0.25) is 9.59 Å². The van der Waals surface area contributed by atoms with E-state index in [-0.39, 0.29) is 23.3 Å². The number of ketones is 1. The van der Waals surface area contributed by atoms with Gasteiger partial charge >= 0.3 is 5.97 Å². The molecule has 0 aliphatic heterocycles. The van der Waals surface area contributed by atoms with Gasteiger partial charge in [0.25, 0.3) is 0 Å². The highest BCUT2D eigenvalue weighted by Gasteiger charge is 2.30. The number of carbonyl (C=O) groups is 2. The zero-order valence-corrected chi connectivity index (χ0v) is 9.72. The molecule has 0 saturated carbocycles. The molecule has 2 unspecified atom stereocenters. The van der Waals surface area contributed by atoms with Crippen molar-refractivity contribution in [2.45, 2.75) is 53.6 Å². The topological polar surface area (TPSA) is 43.4 Å². The van der Waals surface area contributed by atoms with Crippen LogP contribution in [0, 0.1) is 5.41 Å². The van der Waals surface area contributed by atoms with E-state index in [0.717, 1.165) is 6.42 Å². The van der Waals surface area contributed by atoms with E-state index in [1.54, 1.807) is 6.92 Å². The Morgan fingerprint density at radius 2 is 1.86 bits per heavy atom. The van der Waals surface area contributed by atoms with Crippen molar-refractivity contribution in [3.63, 3.8) is 0 Å². The van der Waals surface area contributed by atoms with Crippen molar-refractivity contribution < 1.29 is 14.3 Å². The zero-order chi connectivity index (χ0) is 11.4. The first kappa shape index (κ1) is 13.1. The summed E-state index contributed by atoms with van der Waals surface area (Å²) in [6, 6.07) is 0. The predicted molar refractivity (Wildman–Crippen MR) is 54.9 cm³/mol. The molecule has 0 spiro atoms. The highest BCUT2D eigenvalue weighted by atomic mass is 16.5. The van der Waals surface area contributed by atoms with Crippen molar-refractivity contribution in [1.29, 1.82) is 0 Å². The van der Waals surface area contributed by atoms with Crippen LogP contribution in [-0.2, 0) is 14.3 Å². The normalized spacial score (nSPS) is 16.9. The number of esters is 1. The fourth-order valence-corrected chi connectivity index (χ4v) is 1.50. The highest BCUT2D eigenvalue weighted by molar-refractivity contribution is 5.81. The van der Waals surface area contributed by atoms with Gasteiger partial charge in [0.2, 0.25) is 0 Å². The van der Waals surface area contributed by atoms with Gasteiger partial charge in [-0.15, -0.1) is 0 Å². The third-order valence-corrected chi connectivity index (χ3v) is 2.74. The van der Waals surface area contributed by atoms with E-state index in [4.69, 9.17) is 4.74 Å². The molecule has 0 rings (SSSR count). The van der Waals surface area contributed by atoms with Gasteiger partial charge in [-0.25, -0.2) is 0 Å². The second-order valence-electron chi connectivity index (χ2n) is 4.09. The highest BCUT2D eigenvalue weighted by Crippen LogP contribution is 2.29. The van der Waals surface area contributed by atoms with Crippen LogP contribution in [0.1, 0.15) is 47.5 Å². The molecule has 2 atom stereocenters. The number of hydrogen-bond acceptors (Lipinski definition) is 3. The molecule has 82 valence electrons. The molecule has 0 heterocycles. The van der Waals surface area contributed by atoms with Gasteiger partial charge in [0.05, 0.1) is 6.10 Å². The summed E-state index contributed by atoms with van der Waals surface area (Å²) < 4.78 is 5.01. The van der Waals surface area contributed by atoms with Crippen LogP contribution in [0.15, 0.2) is 0 Å². The molecule has 3 heteroatoms. The van der Waals surface area contributed by atoms with Crippen molar-refractivity contribution >= 4 is 11.8 Å². The number of Topliss-reactive ketones (excluding diaryl/α,β-unsaturated/α-hetero) is 1. The summed E-state index contributed by atoms with van der Waals surface area (Å²) in [7, 11) is 0. The Kier molecular flexibility index (Phi) is 4.81. The quantitative estimate of drug-likeness (QED) is 0.640. The summed E-state index contributed by atoms with van der Waals surface area (Å²) in [5.74, 6) is -0.140. The first-order valence-corrected chi connectivity index (χ1v) is 5.00. The van der Waals surface area contributed by atoms with Crippen LogP contribution in [-0.4, -0.2) is 17.9 Å². The van der Waals surface area contributed by atoms with Crippen LogP contribution in [0.25, 0.3) is 0 Å². The van der Waals surface area contributed by atoms with Crippen LogP contribution < -0.4 is 0 Å². The third kappa shape index (κ3) is 3.90. The van der Waals surface area contributed by atoms with Crippen LogP contribution in [0.4, 0.5) is 0 Å². The van der Waals surface area contributed by atoms with Gasteiger partial charge in [-0.1, -0.05) is 13.8 Å². The first-order valence-electron chi connectivity index (χ1n) is 5.00. The Morgan fingerprint density at radius 3 is 2.14 bits per heavy atom. The fraction of sp³-hybridized carbons (Fsp3) is 0.818. The average Bonchev–Trinajstić information content (AvgIpc) is 2.01. The molecule has 0 bridgehead atoms. The van der Waals surface area contributed by atoms with Crippen LogP contribution >= 0.6 is 0 Å². The van der Waals surface area contributed by atoms with Gasteiger partial charge in [-0.05, 0) is 26.7 Å². The lowest BCUT2D eigenvalue weighted by Crippen LogP contribution is -2.30. The predicted octanol–water partition coefficient (Wildman–Crippen LogP) is 2.33. The Hall–Kier alpha value is -0.860. The molecule has 0 N–H and O–H groups in total. The summed E-state index contributed by atoms with van der Waals surface area (Å²) in [4.78, 5) is 22.1. The molecule has 0 fully saturated rings. The van der Waals surface area contributed by atoms with Crippen molar-refractivity contribution in [3.05, 3.63) is 0 Å². The maximum absolute atomic E-state index is 11.4. The Morgan fingerprint density at radius 1 is 1.36 bits per heavy atom. The lowest BCUT2D eigenvalue weighted by atomic mass is 9.79. The molecule has 0 radical (unpaired) electrons. The summed E-state index contributed by atoms with van der Waals surface area (Å²) in [5.41, 5.74) is -0.366. The third-order valence-electron chi connectivity index (χ3n) is 2.74. The summed E-state index contributed by atoms with van der Waals surface area (Å²) in [6.07, 6.45) is 1.17. The second kappa shape index (κ2) is 5.13. The average molecular weight is 200 g/mol. The van der Waals surface area contributed by atoms with E-state index >= 15 is 0 Å². The molecule has 0 aliphatic rings. The van der Waals surface area contributed by atoms with Crippen molar-refractivity contribution in [1.82, 2.24) is 0 Å². The van der Waals surface area contributed by atoms with Crippen molar-refractivity contribution in [2.24, 2.45) is 5.41 Å². The molecule has 0 aliphatic carbocycles. The Labute approximate surface area is 85.8 Å². The molecule has 0 aromatic rings. The molecule has 0 aromatic carbocycles. The van der Waals surface area contributed by atoms with E-state index in [0.29, 0.717) is 6.42 Å². The molecular weight excluding hydrogens is 180 g/mol. The smallest absolute Gasteiger partial charge is 0.302 e. The van der Waals surface area contributed by atoms with E-state index in [1.165, 1.54) is 6.92 Å². The zero-order valence-electron chi connectivity index (χ0n) is 9.72. The Balaban J connectivity index is 4.31. The summed E-state index contributed by atoms with van der Waals surface area (Å²) in [5, 5.41) is 0. The monoisotopic (exact) mass is 200 g/mol. The maximum Gasteiger partial charge on any atom is 0.302 e. The molecule has 3 nitrogen and oxygen atoms in total. The minimum atomic E-state index is -0.366. The second-order valence-corrected chi connectivity index (χ2v) is 4.09. The van der Waals surface area contributed by atoms with Gasteiger partial charge in [0.15, 0.2) is 0 Å². The first-order chi connectivity index (χ1) is 6.31. The molecular formula is C11H20O3. The Bertz CT molecular complexity index is 223. The molecule has 0 aromatic heterocycles. The van der Waals surface area contributed by atoms with Crippen LogP contribution in [0.5, 0.6) is 0 Å². The standard InChI is InChI=1S/C11H20O3/c1-6-11(5,9(3)12)7-8(2)14-10(4)13/h8H,6-7H2,1-5H3. The minimum Gasteiger partial charge on any atom is -0.463 e. The SMILES string of the molecule is CCC(C)(CC(C)OC(C)=O)C(C)=O. The maximum atomic E-state index is 11.4. The van der Waals surface area contributed by atoms with E-state index in [2.05, 4.69) is 0 Å². The summed E-state index contributed by atoms with van der Waals surface area (Å²) >= 11 is 0. The van der Waals surface area contributed by atoms with Gasteiger partial charge in [0.1, 0.15) is 5.78 Å². The molecule has 0 amide bonds. The number of carbonyl (C=O) groups excluding carboxylic acids is 2. The fourth-order valence-electron chi connectivity index (χ4n) is 1.50. The van der Waals surface area contributed by atoms with Gasteiger partial charge in [-0.2, -0.15) is 0 Å². The minimum absolute atomic E-state index is 0.152. The molecule has 14 heavy (non-hydrogen) atoms. The van der Waals surface area contributed by atoms with E-state index in [9.17, 15) is 9.59 Å². The van der Waals surface area contributed by atoms with Crippen molar-refractivity contribution in [2.75, 3.05) is 0 Å². The van der Waals surface area contributed by atoms with E-state index < -0.39 is 0 Å². The number of rotatable bonds is 5. The van der Waals surface area contributed by atoms with Crippen LogP contribution in [0.2, 0.25) is 0 Å². The number of ether oxygens (including phenoxy) is 1. The van der Waals surface area contributed by atoms with Crippen molar-refractivity contribution in [3.8, 4) is 0 Å². The lowest BCUT2D eigenvalue weighted by Gasteiger charge is -2.27. The van der Waals surface area contributed by atoms with E-state index in [1.807, 2.05) is 20.8 Å².